The fraction of sp³-hybridized carbons (Fsp3) is 0.375. The Morgan fingerprint density at radius 2 is 2.09 bits per heavy atom. The van der Waals surface area contributed by atoms with Gasteiger partial charge < -0.3 is 10.2 Å². The number of anilines is 1. The summed E-state index contributed by atoms with van der Waals surface area (Å²) in [5, 5.41) is 3.06. The van der Waals surface area contributed by atoms with E-state index in [1.807, 2.05) is 25.1 Å². The molecule has 2 aromatic heterocycles. The van der Waals surface area contributed by atoms with Crippen LogP contribution in [0.3, 0.4) is 0 Å². The number of aryl methyl sites for hydroxylation is 1. The second-order valence-corrected chi connectivity index (χ2v) is 5.92. The number of aromatic nitrogens is 3. The largest absolute Gasteiger partial charge is 0.345 e. The Morgan fingerprint density at radius 3 is 2.83 bits per heavy atom. The molecule has 0 bridgehead atoms. The first-order chi connectivity index (χ1) is 11.1. The minimum Gasteiger partial charge on any atom is -0.345 e. The fourth-order valence-corrected chi connectivity index (χ4v) is 2.72. The number of nitrogens with one attached hydrogen (secondary N) is 1. The van der Waals surface area contributed by atoms with Gasteiger partial charge in [-0.1, -0.05) is 17.7 Å². The Hall–Kier alpha value is -2.21. The number of carbonyl (C=O) groups is 1. The third-order valence-corrected chi connectivity index (χ3v) is 3.99. The third-order valence-electron chi connectivity index (χ3n) is 3.71. The smallest absolute Gasteiger partial charge is 0.271 e. The minimum atomic E-state index is -0.318. The van der Waals surface area contributed by atoms with Gasteiger partial charge in [0.05, 0.1) is 23.5 Å². The molecule has 23 heavy (non-hydrogen) atoms. The Morgan fingerprint density at radius 1 is 1.30 bits per heavy atom. The van der Waals surface area contributed by atoms with Crippen LogP contribution in [0.25, 0.3) is 0 Å². The van der Waals surface area contributed by atoms with Gasteiger partial charge in [0.25, 0.3) is 5.91 Å². The van der Waals surface area contributed by atoms with Crippen molar-refractivity contribution in [3.8, 4) is 0 Å². The molecule has 3 rings (SSSR count). The van der Waals surface area contributed by atoms with Crippen LogP contribution in [-0.4, -0.2) is 33.9 Å². The molecule has 7 heteroatoms. The van der Waals surface area contributed by atoms with Gasteiger partial charge in [-0.15, -0.1) is 0 Å². The normalized spacial score (nSPS) is 14.1. The molecular formula is C16H18ClN5O. The van der Waals surface area contributed by atoms with Crippen LogP contribution in [0.1, 0.15) is 34.7 Å². The van der Waals surface area contributed by atoms with Crippen LogP contribution in [0.5, 0.6) is 0 Å². The Labute approximate surface area is 139 Å². The lowest BCUT2D eigenvalue weighted by molar-refractivity contribution is 0.0945. The van der Waals surface area contributed by atoms with E-state index in [2.05, 4.69) is 25.2 Å². The summed E-state index contributed by atoms with van der Waals surface area (Å²) >= 11 is 6.08. The van der Waals surface area contributed by atoms with Crippen LogP contribution in [-0.2, 0) is 6.54 Å². The standard InChI is InChI=1S/C16H18ClN5O/c1-11-5-4-6-12(20-11)9-18-15(23)14-13(17)10-19-16(21-14)22-7-2-3-8-22/h4-6,10H,2-3,7-9H2,1H3,(H,18,23). The average Bonchev–Trinajstić information content (AvgIpc) is 3.07. The summed E-state index contributed by atoms with van der Waals surface area (Å²) in [5.74, 6) is 0.242. The number of hydrogen-bond acceptors (Lipinski definition) is 5. The molecule has 1 aliphatic rings. The second-order valence-electron chi connectivity index (χ2n) is 5.51. The van der Waals surface area contributed by atoms with Crippen LogP contribution < -0.4 is 10.2 Å². The van der Waals surface area contributed by atoms with E-state index < -0.39 is 0 Å². The summed E-state index contributed by atoms with van der Waals surface area (Å²) in [7, 11) is 0. The molecule has 3 heterocycles. The van der Waals surface area contributed by atoms with Gasteiger partial charge in [0.2, 0.25) is 5.95 Å². The van der Waals surface area contributed by atoms with Crippen molar-refractivity contribution >= 4 is 23.5 Å². The molecule has 0 aliphatic carbocycles. The SMILES string of the molecule is Cc1cccc(CNC(=O)c2nc(N3CCCC3)ncc2Cl)n1. The zero-order chi connectivity index (χ0) is 16.2. The van der Waals surface area contributed by atoms with E-state index in [0.29, 0.717) is 12.5 Å². The topological polar surface area (TPSA) is 71.0 Å². The van der Waals surface area contributed by atoms with E-state index in [1.54, 1.807) is 0 Å². The van der Waals surface area contributed by atoms with Gasteiger partial charge in [0.15, 0.2) is 5.69 Å². The summed E-state index contributed by atoms with van der Waals surface area (Å²) in [4.78, 5) is 27.3. The highest BCUT2D eigenvalue weighted by Crippen LogP contribution is 2.19. The summed E-state index contributed by atoms with van der Waals surface area (Å²) < 4.78 is 0. The fourth-order valence-electron chi connectivity index (χ4n) is 2.54. The monoisotopic (exact) mass is 331 g/mol. The highest BCUT2D eigenvalue weighted by atomic mass is 35.5. The lowest BCUT2D eigenvalue weighted by atomic mass is 10.3. The summed E-state index contributed by atoms with van der Waals surface area (Å²) in [5.41, 5.74) is 1.91. The van der Waals surface area contributed by atoms with Gasteiger partial charge in [0, 0.05) is 18.8 Å². The number of pyridine rings is 1. The van der Waals surface area contributed by atoms with Crippen LogP contribution >= 0.6 is 11.6 Å². The maximum atomic E-state index is 12.4. The number of halogens is 1. The molecular weight excluding hydrogens is 314 g/mol. The van der Waals surface area contributed by atoms with Gasteiger partial charge in [-0.2, -0.15) is 0 Å². The maximum Gasteiger partial charge on any atom is 0.271 e. The lowest BCUT2D eigenvalue weighted by Crippen LogP contribution is -2.27. The number of amides is 1. The van der Waals surface area contributed by atoms with Crippen molar-refractivity contribution in [3.05, 3.63) is 46.5 Å². The van der Waals surface area contributed by atoms with E-state index in [0.717, 1.165) is 37.3 Å². The van der Waals surface area contributed by atoms with Gasteiger partial charge in [-0.3, -0.25) is 9.78 Å². The van der Waals surface area contributed by atoms with E-state index in [9.17, 15) is 4.79 Å². The molecule has 1 amide bonds. The Balaban J connectivity index is 1.72. The van der Waals surface area contributed by atoms with Gasteiger partial charge in [-0.05, 0) is 31.9 Å². The molecule has 1 N–H and O–H groups in total. The first kappa shape index (κ1) is 15.7. The molecule has 0 spiro atoms. The van der Waals surface area contributed by atoms with Crippen LogP contribution in [0.2, 0.25) is 5.02 Å². The molecule has 120 valence electrons. The number of nitrogens with zero attached hydrogens (tertiary/aromatic N) is 4. The van der Waals surface area contributed by atoms with E-state index in [-0.39, 0.29) is 16.6 Å². The minimum absolute atomic E-state index is 0.205. The molecule has 0 saturated carbocycles. The number of hydrogen-bond donors (Lipinski definition) is 1. The van der Waals surface area contributed by atoms with Crippen LogP contribution in [0.4, 0.5) is 5.95 Å². The molecule has 0 atom stereocenters. The van der Waals surface area contributed by atoms with Crippen molar-refractivity contribution in [3.63, 3.8) is 0 Å². The second kappa shape index (κ2) is 6.91. The van der Waals surface area contributed by atoms with E-state index >= 15 is 0 Å². The van der Waals surface area contributed by atoms with Crippen molar-refractivity contribution in [2.45, 2.75) is 26.3 Å². The molecule has 1 aliphatic heterocycles. The lowest BCUT2D eigenvalue weighted by Gasteiger charge is -2.15. The third kappa shape index (κ3) is 3.76. The molecule has 1 saturated heterocycles. The van der Waals surface area contributed by atoms with E-state index in [1.165, 1.54) is 6.20 Å². The first-order valence-corrected chi connectivity index (χ1v) is 7.99. The summed E-state index contributed by atoms with van der Waals surface area (Å²) in [6, 6.07) is 5.69. The molecule has 0 unspecified atom stereocenters. The molecule has 0 radical (unpaired) electrons. The maximum absolute atomic E-state index is 12.4. The van der Waals surface area contributed by atoms with Gasteiger partial charge >= 0.3 is 0 Å². The quantitative estimate of drug-likeness (QED) is 0.931. The molecule has 0 aromatic carbocycles. The number of rotatable bonds is 4. The number of carbonyl (C=O) groups excluding carboxylic acids is 1. The molecule has 2 aromatic rings. The highest BCUT2D eigenvalue weighted by Gasteiger charge is 2.19. The average molecular weight is 332 g/mol. The van der Waals surface area contributed by atoms with E-state index in [4.69, 9.17) is 11.6 Å². The van der Waals surface area contributed by atoms with Gasteiger partial charge in [0.1, 0.15) is 0 Å². The van der Waals surface area contributed by atoms with Crippen molar-refractivity contribution < 1.29 is 4.79 Å². The summed E-state index contributed by atoms with van der Waals surface area (Å²) in [6.07, 6.45) is 3.72. The van der Waals surface area contributed by atoms with Crippen LogP contribution in [0, 0.1) is 6.92 Å². The van der Waals surface area contributed by atoms with Crippen molar-refractivity contribution in [2.24, 2.45) is 0 Å². The zero-order valence-electron chi connectivity index (χ0n) is 12.9. The Kier molecular flexibility index (Phi) is 4.71. The van der Waals surface area contributed by atoms with Crippen molar-refractivity contribution in [1.82, 2.24) is 20.3 Å². The summed E-state index contributed by atoms with van der Waals surface area (Å²) in [6.45, 7) is 4.07. The Bertz CT molecular complexity index is 715. The first-order valence-electron chi connectivity index (χ1n) is 7.62. The van der Waals surface area contributed by atoms with Crippen molar-refractivity contribution in [1.29, 1.82) is 0 Å². The van der Waals surface area contributed by atoms with Crippen molar-refractivity contribution in [2.75, 3.05) is 18.0 Å². The van der Waals surface area contributed by atoms with Gasteiger partial charge in [-0.25, -0.2) is 9.97 Å². The molecule has 6 nitrogen and oxygen atoms in total. The predicted octanol–water partition coefficient (Wildman–Crippen LogP) is 2.36. The molecule has 1 fully saturated rings. The highest BCUT2D eigenvalue weighted by molar-refractivity contribution is 6.33. The van der Waals surface area contributed by atoms with Crippen LogP contribution in [0.15, 0.2) is 24.4 Å². The zero-order valence-corrected chi connectivity index (χ0v) is 13.7. The predicted molar refractivity (Wildman–Crippen MR) is 88.6 cm³/mol.